The highest BCUT2D eigenvalue weighted by Gasteiger charge is 2.34. The summed E-state index contributed by atoms with van der Waals surface area (Å²) >= 11 is 0. The summed E-state index contributed by atoms with van der Waals surface area (Å²) in [7, 11) is 4.32. The highest BCUT2D eigenvalue weighted by Crippen LogP contribution is 2.38. The zero-order chi connectivity index (χ0) is 13.8. The van der Waals surface area contributed by atoms with Crippen LogP contribution in [0.3, 0.4) is 0 Å². The Labute approximate surface area is 115 Å². The molecular formula is C16H34N2. The van der Waals surface area contributed by atoms with Crippen molar-refractivity contribution < 1.29 is 0 Å². The van der Waals surface area contributed by atoms with E-state index in [1.165, 1.54) is 38.6 Å². The first-order valence-corrected chi connectivity index (χ1v) is 7.71. The van der Waals surface area contributed by atoms with Crippen LogP contribution in [0.1, 0.15) is 59.8 Å². The molecule has 0 aromatic heterocycles. The van der Waals surface area contributed by atoms with Gasteiger partial charge in [-0.05, 0) is 58.2 Å². The van der Waals surface area contributed by atoms with Crippen LogP contribution in [0.4, 0.5) is 0 Å². The van der Waals surface area contributed by atoms with Crippen LogP contribution in [-0.4, -0.2) is 37.6 Å². The van der Waals surface area contributed by atoms with Crippen molar-refractivity contribution in [2.45, 2.75) is 71.9 Å². The number of nitrogens with one attached hydrogen (secondary N) is 1. The molecule has 0 aliphatic heterocycles. The molecule has 108 valence electrons. The molecule has 0 radical (unpaired) electrons. The second kappa shape index (κ2) is 6.91. The summed E-state index contributed by atoms with van der Waals surface area (Å²) in [5.74, 6) is 0.841. The maximum Gasteiger partial charge on any atom is 0.0103 e. The van der Waals surface area contributed by atoms with Gasteiger partial charge in [-0.15, -0.1) is 0 Å². The second-order valence-electron chi connectivity index (χ2n) is 7.52. The van der Waals surface area contributed by atoms with E-state index in [1.54, 1.807) is 0 Å². The molecular weight excluding hydrogens is 220 g/mol. The average molecular weight is 254 g/mol. The lowest BCUT2D eigenvalue weighted by molar-refractivity contribution is 0.122. The fraction of sp³-hybridized carbons (Fsp3) is 1.00. The van der Waals surface area contributed by atoms with Gasteiger partial charge in [-0.2, -0.15) is 0 Å². The first kappa shape index (κ1) is 16.0. The third kappa shape index (κ3) is 5.27. The van der Waals surface area contributed by atoms with Crippen LogP contribution >= 0.6 is 0 Å². The van der Waals surface area contributed by atoms with Crippen molar-refractivity contribution in [2.75, 3.05) is 20.6 Å². The summed E-state index contributed by atoms with van der Waals surface area (Å²) in [6, 6.07) is 1.37. The van der Waals surface area contributed by atoms with Crippen LogP contribution < -0.4 is 5.32 Å². The standard InChI is InChI=1S/C16H34N2/c1-13(11-12-18(5)6)17-15-10-8-7-9-14(15)16(2,3)4/h13-15,17H,7-12H2,1-6H3. The molecule has 1 N–H and O–H groups in total. The molecule has 18 heavy (non-hydrogen) atoms. The number of hydrogen-bond acceptors (Lipinski definition) is 2. The Hall–Kier alpha value is -0.0800. The Morgan fingerprint density at radius 1 is 1.17 bits per heavy atom. The van der Waals surface area contributed by atoms with Crippen LogP contribution in [0, 0.1) is 11.3 Å². The quantitative estimate of drug-likeness (QED) is 0.807. The summed E-state index contributed by atoms with van der Waals surface area (Å²) in [6.07, 6.45) is 6.85. The van der Waals surface area contributed by atoms with E-state index in [4.69, 9.17) is 0 Å². The molecule has 3 atom stereocenters. The minimum Gasteiger partial charge on any atom is -0.311 e. The summed E-state index contributed by atoms with van der Waals surface area (Å²) in [5.41, 5.74) is 0.444. The Morgan fingerprint density at radius 2 is 1.78 bits per heavy atom. The maximum absolute atomic E-state index is 3.90. The fourth-order valence-electron chi connectivity index (χ4n) is 3.27. The van der Waals surface area contributed by atoms with E-state index in [2.05, 4.69) is 52.0 Å². The van der Waals surface area contributed by atoms with Crippen molar-refractivity contribution in [1.29, 1.82) is 0 Å². The topological polar surface area (TPSA) is 15.3 Å². The molecule has 1 aliphatic carbocycles. The van der Waals surface area contributed by atoms with Crippen molar-refractivity contribution >= 4 is 0 Å². The Bertz CT molecular complexity index is 230. The molecule has 0 aromatic rings. The lowest BCUT2D eigenvalue weighted by Gasteiger charge is -2.42. The Kier molecular flexibility index (Phi) is 6.13. The summed E-state index contributed by atoms with van der Waals surface area (Å²) in [4.78, 5) is 2.28. The van der Waals surface area contributed by atoms with Gasteiger partial charge in [0.2, 0.25) is 0 Å². The molecule has 3 unspecified atom stereocenters. The molecule has 0 spiro atoms. The SMILES string of the molecule is CC(CCN(C)C)NC1CCCCC1C(C)(C)C. The van der Waals surface area contributed by atoms with Gasteiger partial charge in [0.15, 0.2) is 0 Å². The van der Waals surface area contributed by atoms with Gasteiger partial charge in [-0.25, -0.2) is 0 Å². The van der Waals surface area contributed by atoms with E-state index in [-0.39, 0.29) is 0 Å². The van der Waals surface area contributed by atoms with Gasteiger partial charge in [0.25, 0.3) is 0 Å². The smallest absolute Gasteiger partial charge is 0.0103 e. The Balaban J connectivity index is 2.46. The molecule has 2 nitrogen and oxygen atoms in total. The second-order valence-corrected chi connectivity index (χ2v) is 7.52. The van der Waals surface area contributed by atoms with E-state index >= 15 is 0 Å². The van der Waals surface area contributed by atoms with Crippen molar-refractivity contribution in [2.24, 2.45) is 11.3 Å². The molecule has 2 heteroatoms. The lowest BCUT2D eigenvalue weighted by Crippen LogP contribution is -2.48. The largest absolute Gasteiger partial charge is 0.311 e. The normalized spacial score (nSPS) is 27.5. The molecule has 1 fully saturated rings. The maximum atomic E-state index is 3.90. The number of rotatable bonds is 5. The van der Waals surface area contributed by atoms with Crippen molar-refractivity contribution in [3.05, 3.63) is 0 Å². The van der Waals surface area contributed by atoms with E-state index in [9.17, 15) is 0 Å². The van der Waals surface area contributed by atoms with Crippen LogP contribution in [-0.2, 0) is 0 Å². The highest BCUT2D eigenvalue weighted by atomic mass is 15.1. The van der Waals surface area contributed by atoms with Crippen LogP contribution in [0.15, 0.2) is 0 Å². The minimum atomic E-state index is 0.444. The van der Waals surface area contributed by atoms with Crippen LogP contribution in [0.25, 0.3) is 0 Å². The van der Waals surface area contributed by atoms with Gasteiger partial charge in [-0.3, -0.25) is 0 Å². The minimum absolute atomic E-state index is 0.444. The molecule has 0 aromatic carbocycles. The van der Waals surface area contributed by atoms with Crippen LogP contribution in [0.2, 0.25) is 0 Å². The van der Waals surface area contributed by atoms with E-state index in [1.807, 2.05) is 0 Å². The molecule has 1 rings (SSSR count). The van der Waals surface area contributed by atoms with Gasteiger partial charge in [-0.1, -0.05) is 33.6 Å². The zero-order valence-corrected chi connectivity index (χ0v) is 13.4. The third-order valence-electron chi connectivity index (χ3n) is 4.39. The van der Waals surface area contributed by atoms with Gasteiger partial charge in [0.1, 0.15) is 0 Å². The van der Waals surface area contributed by atoms with Crippen LogP contribution in [0.5, 0.6) is 0 Å². The first-order chi connectivity index (χ1) is 8.30. The lowest BCUT2D eigenvalue weighted by atomic mass is 9.69. The average Bonchev–Trinajstić information content (AvgIpc) is 2.25. The monoisotopic (exact) mass is 254 g/mol. The zero-order valence-electron chi connectivity index (χ0n) is 13.4. The van der Waals surface area contributed by atoms with Crippen molar-refractivity contribution in [3.8, 4) is 0 Å². The van der Waals surface area contributed by atoms with Crippen molar-refractivity contribution in [1.82, 2.24) is 10.2 Å². The Morgan fingerprint density at radius 3 is 2.33 bits per heavy atom. The molecule has 0 heterocycles. The number of nitrogens with zero attached hydrogens (tertiary/aromatic N) is 1. The molecule has 0 amide bonds. The first-order valence-electron chi connectivity index (χ1n) is 7.71. The highest BCUT2D eigenvalue weighted by molar-refractivity contribution is 4.89. The summed E-state index contributed by atoms with van der Waals surface area (Å²) in [5, 5.41) is 3.90. The number of hydrogen-bond donors (Lipinski definition) is 1. The van der Waals surface area contributed by atoms with E-state index < -0.39 is 0 Å². The van der Waals surface area contributed by atoms with Gasteiger partial charge >= 0.3 is 0 Å². The fourth-order valence-corrected chi connectivity index (χ4v) is 3.27. The van der Waals surface area contributed by atoms with Gasteiger partial charge in [0, 0.05) is 12.1 Å². The summed E-state index contributed by atoms with van der Waals surface area (Å²) < 4.78 is 0. The van der Waals surface area contributed by atoms with E-state index in [0.29, 0.717) is 11.5 Å². The van der Waals surface area contributed by atoms with Gasteiger partial charge in [0.05, 0.1) is 0 Å². The molecule has 0 bridgehead atoms. The molecule has 1 saturated carbocycles. The molecule has 0 saturated heterocycles. The van der Waals surface area contributed by atoms with E-state index in [0.717, 1.165) is 12.0 Å². The molecule has 1 aliphatic rings. The summed E-state index contributed by atoms with van der Waals surface area (Å²) in [6.45, 7) is 10.7. The third-order valence-corrected chi connectivity index (χ3v) is 4.39. The predicted octanol–water partition coefficient (Wildman–Crippen LogP) is 3.52. The van der Waals surface area contributed by atoms with Crippen molar-refractivity contribution in [3.63, 3.8) is 0 Å². The predicted molar refractivity (Wildman–Crippen MR) is 81.0 cm³/mol. The van der Waals surface area contributed by atoms with Gasteiger partial charge < -0.3 is 10.2 Å².